The Morgan fingerprint density at radius 3 is 2.63 bits per heavy atom. The fraction of sp³-hybridized carbons (Fsp3) is 0.0526. The third-order valence-electron chi connectivity index (χ3n) is 4.23. The zero-order valence-electron chi connectivity index (χ0n) is 15.4. The fourth-order valence-electron chi connectivity index (χ4n) is 2.89. The van der Waals surface area contributed by atoms with Crippen LogP contribution >= 0.6 is 0 Å². The Morgan fingerprint density at radius 2 is 1.90 bits per heavy atom. The smallest absolute Gasteiger partial charge is 0.286 e. The molecule has 0 unspecified atom stereocenters. The minimum Gasteiger partial charge on any atom is -0.366 e. The molecule has 1 aromatic carbocycles. The van der Waals surface area contributed by atoms with Gasteiger partial charge in [-0.25, -0.2) is 14.4 Å². The van der Waals surface area contributed by atoms with Crippen LogP contribution < -0.4 is 16.8 Å². The number of nitrogens with zero attached hydrogens (tertiary/aromatic N) is 5. The van der Waals surface area contributed by atoms with E-state index in [-0.39, 0.29) is 41.3 Å². The predicted molar refractivity (Wildman–Crippen MR) is 105 cm³/mol. The third kappa shape index (κ3) is 3.63. The van der Waals surface area contributed by atoms with Gasteiger partial charge in [0.2, 0.25) is 17.6 Å². The van der Waals surface area contributed by atoms with Crippen LogP contribution in [0.3, 0.4) is 0 Å². The summed E-state index contributed by atoms with van der Waals surface area (Å²) < 4.78 is 14.9. The van der Waals surface area contributed by atoms with Gasteiger partial charge in [0.25, 0.3) is 11.8 Å². The highest BCUT2D eigenvalue weighted by atomic mass is 19.1. The van der Waals surface area contributed by atoms with E-state index in [1.807, 2.05) is 0 Å². The lowest BCUT2D eigenvalue weighted by Crippen LogP contribution is -2.18. The number of pyridine rings is 1. The van der Waals surface area contributed by atoms with Crippen molar-refractivity contribution in [3.05, 3.63) is 71.6 Å². The van der Waals surface area contributed by atoms with Crippen LogP contribution in [0.1, 0.15) is 26.5 Å². The molecule has 11 heteroatoms. The second-order valence-corrected chi connectivity index (χ2v) is 6.28. The lowest BCUT2D eigenvalue weighted by atomic mass is 10.2. The lowest BCUT2D eigenvalue weighted by molar-refractivity contribution is 0.0986. The van der Waals surface area contributed by atoms with Crippen molar-refractivity contribution in [3.8, 4) is 11.6 Å². The predicted octanol–water partition coefficient (Wildman–Crippen LogP) is 1.14. The van der Waals surface area contributed by atoms with Crippen LogP contribution in [-0.2, 0) is 6.54 Å². The van der Waals surface area contributed by atoms with Crippen molar-refractivity contribution in [1.29, 1.82) is 0 Å². The summed E-state index contributed by atoms with van der Waals surface area (Å²) in [5.74, 6) is -1.75. The summed E-state index contributed by atoms with van der Waals surface area (Å²) in [6.07, 6.45) is 3.10. The van der Waals surface area contributed by atoms with Crippen molar-refractivity contribution in [2.24, 2.45) is 11.5 Å². The molecule has 0 aliphatic rings. The quantitative estimate of drug-likeness (QED) is 0.434. The molecule has 4 rings (SSSR count). The van der Waals surface area contributed by atoms with E-state index < -0.39 is 11.8 Å². The number of imidazole rings is 1. The zero-order valence-corrected chi connectivity index (χ0v) is 15.4. The summed E-state index contributed by atoms with van der Waals surface area (Å²) >= 11 is 0. The van der Waals surface area contributed by atoms with Crippen LogP contribution in [0.5, 0.6) is 0 Å². The number of amides is 2. The van der Waals surface area contributed by atoms with Crippen LogP contribution in [0.25, 0.3) is 17.2 Å². The van der Waals surface area contributed by atoms with Gasteiger partial charge in [0, 0.05) is 12.7 Å². The molecule has 0 fully saturated rings. The van der Waals surface area contributed by atoms with Crippen LogP contribution in [-0.4, -0.2) is 36.2 Å². The number of hydrogen-bond acceptors (Lipinski definition) is 7. The Balaban J connectivity index is 1.75. The first-order chi connectivity index (χ1) is 14.4. The highest BCUT2D eigenvalue weighted by molar-refractivity contribution is 5.99. The van der Waals surface area contributed by atoms with E-state index in [9.17, 15) is 14.0 Å². The van der Waals surface area contributed by atoms with Crippen molar-refractivity contribution in [2.45, 2.75) is 6.54 Å². The minimum atomic E-state index is -0.855. The molecular weight excluding hydrogens is 391 g/mol. The molecule has 0 aliphatic carbocycles. The molecule has 150 valence electrons. The number of benzene rings is 1. The number of nitrogens with two attached hydrogens (primary N) is 2. The molecule has 30 heavy (non-hydrogen) atoms. The van der Waals surface area contributed by atoms with Crippen LogP contribution in [0.4, 0.5) is 10.3 Å². The van der Waals surface area contributed by atoms with E-state index in [1.165, 1.54) is 18.3 Å². The molecule has 0 bridgehead atoms. The number of carbonyl (C=O) groups is 2. The second kappa shape index (κ2) is 7.54. The number of hydrogen-bond donors (Lipinski definition) is 3. The molecule has 3 heterocycles. The molecule has 3 aromatic heterocycles. The van der Waals surface area contributed by atoms with E-state index >= 15 is 0 Å². The third-order valence-corrected chi connectivity index (χ3v) is 4.23. The summed E-state index contributed by atoms with van der Waals surface area (Å²) in [6.45, 7) is 0.202. The highest BCUT2D eigenvalue weighted by Gasteiger charge is 2.18. The van der Waals surface area contributed by atoms with Gasteiger partial charge in [-0.2, -0.15) is 9.97 Å². The number of anilines is 1. The van der Waals surface area contributed by atoms with Crippen molar-refractivity contribution < 1.29 is 14.0 Å². The molecule has 0 saturated carbocycles. The summed E-state index contributed by atoms with van der Waals surface area (Å²) in [6, 6.07) is 9.18. The van der Waals surface area contributed by atoms with Gasteiger partial charge in [0.1, 0.15) is 5.82 Å². The van der Waals surface area contributed by atoms with Crippen LogP contribution in [0, 0.1) is 5.82 Å². The maximum absolute atomic E-state index is 13.4. The molecule has 4 aromatic rings. The topological polar surface area (TPSA) is 154 Å². The number of carbonyl (C=O) groups excluding carboxylic acids is 2. The average Bonchev–Trinajstić information content (AvgIpc) is 3.16. The maximum Gasteiger partial charge on any atom is 0.286 e. The van der Waals surface area contributed by atoms with Crippen molar-refractivity contribution in [1.82, 2.24) is 24.3 Å². The first kappa shape index (κ1) is 18.9. The Bertz CT molecular complexity index is 1290. The Kier molecular flexibility index (Phi) is 4.76. The summed E-state index contributed by atoms with van der Waals surface area (Å²) in [7, 11) is 0. The summed E-state index contributed by atoms with van der Waals surface area (Å²) in [5.41, 5.74) is 12.1. The van der Waals surface area contributed by atoms with E-state index in [4.69, 9.17) is 11.5 Å². The van der Waals surface area contributed by atoms with Gasteiger partial charge in [-0.05, 0) is 29.8 Å². The van der Waals surface area contributed by atoms with Gasteiger partial charge in [0.15, 0.2) is 5.82 Å². The lowest BCUT2D eigenvalue weighted by Gasteiger charge is -2.08. The highest BCUT2D eigenvalue weighted by Crippen LogP contribution is 2.20. The second-order valence-electron chi connectivity index (χ2n) is 6.28. The largest absolute Gasteiger partial charge is 0.366 e. The minimum absolute atomic E-state index is 0.0564. The van der Waals surface area contributed by atoms with Gasteiger partial charge >= 0.3 is 0 Å². The molecule has 10 nitrogen and oxygen atoms in total. The number of aromatic nitrogens is 5. The van der Waals surface area contributed by atoms with E-state index in [0.717, 1.165) is 0 Å². The van der Waals surface area contributed by atoms with Gasteiger partial charge in [-0.3, -0.25) is 14.0 Å². The van der Waals surface area contributed by atoms with Crippen LogP contribution in [0.2, 0.25) is 0 Å². The first-order valence-electron chi connectivity index (χ1n) is 8.73. The Morgan fingerprint density at radius 1 is 1.07 bits per heavy atom. The zero-order chi connectivity index (χ0) is 21.3. The summed E-state index contributed by atoms with van der Waals surface area (Å²) in [5, 5.41) is 2.92. The van der Waals surface area contributed by atoms with Gasteiger partial charge in [0.05, 0.1) is 17.3 Å². The van der Waals surface area contributed by atoms with E-state index in [1.54, 1.807) is 34.9 Å². The molecule has 0 radical (unpaired) electrons. The number of rotatable bonds is 6. The average molecular weight is 406 g/mol. The van der Waals surface area contributed by atoms with Crippen molar-refractivity contribution in [3.63, 3.8) is 0 Å². The van der Waals surface area contributed by atoms with Gasteiger partial charge in [-0.1, -0.05) is 12.1 Å². The normalized spacial score (nSPS) is 10.8. The van der Waals surface area contributed by atoms with E-state index in [2.05, 4.69) is 25.3 Å². The Labute approximate surface area is 168 Å². The Hall–Kier alpha value is -4.41. The van der Waals surface area contributed by atoms with Crippen LogP contribution in [0.15, 0.2) is 48.8 Å². The number of nitrogens with one attached hydrogen (secondary N) is 1. The van der Waals surface area contributed by atoms with E-state index in [0.29, 0.717) is 11.1 Å². The molecular formula is C19H15FN8O2. The first-order valence-corrected chi connectivity index (χ1v) is 8.73. The number of halogens is 1. The maximum atomic E-state index is 13.4. The molecule has 0 saturated heterocycles. The fourth-order valence-corrected chi connectivity index (χ4v) is 2.89. The van der Waals surface area contributed by atoms with Gasteiger partial charge < -0.3 is 16.8 Å². The molecule has 5 N–H and O–H groups in total. The number of primary amides is 2. The molecule has 0 aliphatic heterocycles. The van der Waals surface area contributed by atoms with Gasteiger partial charge in [-0.15, -0.1) is 0 Å². The van der Waals surface area contributed by atoms with Crippen molar-refractivity contribution in [2.75, 3.05) is 5.32 Å². The van der Waals surface area contributed by atoms with Crippen molar-refractivity contribution >= 4 is 23.3 Å². The molecule has 0 spiro atoms. The standard InChI is InChI=1S/C19H15FN8O2/c20-11-4-1-3-10(7-11)8-24-19-26-16(15(22)30)25-17(27-19)18-23-9-13-12(14(21)29)5-2-6-28(13)18/h1-7,9H,8H2,(H2,21,29)(H2,22,30)(H,24,25,26,27). The monoisotopic (exact) mass is 406 g/mol. The molecule has 0 atom stereocenters. The summed E-state index contributed by atoms with van der Waals surface area (Å²) in [4.78, 5) is 40.0. The molecule has 2 amide bonds. The number of fused-ring (bicyclic) bond motifs is 1. The SMILES string of the molecule is NC(=O)c1nc(NCc2cccc(F)c2)nc(-c2ncc3c(C(N)=O)cccn23)n1.